The summed E-state index contributed by atoms with van der Waals surface area (Å²) >= 11 is 1.09. The van der Waals surface area contributed by atoms with Gasteiger partial charge in [-0.05, 0) is 24.6 Å². The standard InChI is InChI=1S/C12H10F2N2S/c1-2-10-11(14)12(16-7-15-10)17-9-5-3-4-8(13)6-9/h3-7H,2H2,1H3. The molecule has 2 rings (SSSR count). The first-order chi connectivity index (χ1) is 8.20. The molecule has 0 aliphatic rings. The van der Waals surface area contributed by atoms with Crippen LogP contribution in [0.5, 0.6) is 0 Å². The largest absolute Gasteiger partial charge is 0.238 e. The molecular weight excluding hydrogens is 242 g/mol. The van der Waals surface area contributed by atoms with Crippen LogP contribution in [0, 0.1) is 11.6 Å². The summed E-state index contributed by atoms with van der Waals surface area (Å²) in [5.74, 6) is -0.774. The Morgan fingerprint density at radius 3 is 2.76 bits per heavy atom. The maximum absolute atomic E-state index is 13.8. The molecule has 0 radical (unpaired) electrons. The van der Waals surface area contributed by atoms with E-state index in [2.05, 4.69) is 9.97 Å². The van der Waals surface area contributed by atoms with Crippen molar-refractivity contribution >= 4 is 11.8 Å². The minimum absolute atomic E-state index is 0.224. The first-order valence-corrected chi connectivity index (χ1v) is 5.95. The van der Waals surface area contributed by atoms with Crippen molar-refractivity contribution < 1.29 is 8.78 Å². The quantitative estimate of drug-likeness (QED) is 0.782. The molecule has 0 fully saturated rings. The number of aromatic nitrogens is 2. The van der Waals surface area contributed by atoms with E-state index in [4.69, 9.17) is 0 Å². The Balaban J connectivity index is 2.30. The van der Waals surface area contributed by atoms with Crippen molar-refractivity contribution in [2.75, 3.05) is 0 Å². The lowest BCUT2D eigenvalue weighted by atomic mass is 10.3. The van der Waals surface area contributed by atoms with Crippen LogP contribution >= 0.6 is 11.8 Å². The molecule has 0 N–H and O–H groups in total. The van der Waals surface area contributed by atoms with Crippen LogP contribution < -0.4 is 0 Å². The topological polar surface area (TPSA) is 25.8 Å². The van der Waals surface area contributed by atoms with Crippen LogP contribution in [0.1, 0.15) is 12.6 Å². The lowest BCUT2D eigenvalue weighted by molar-refractivity contribution is 0.559. The molecular formula is C12H10F2N2S. The Labute approximate surface area is 102 Å². The molecule has 0 aliphatic heterocycles. The molecule has 1 aromatic heterocycles. The second kappa shape index (κ2) is 5.23. The fraction of sp³-hybridized carbons (Fsp3) is 0.167. The third-order valence-corrected chi connectivity index (χ3v) is 3.14. The average molecular weight is 252 g/mol. The van der Waals surface area contributed by atoms with E-state index < -0.39 is 5.82 Å². The Hall–Kier alpha value is -1.49. The predicted octanol–water partition coefficient (Wildman–Crippen LogP) is 3.47. The maximum atomic E-state index is 13.8. The van der Waals surface area contributed by atoms with Gasteiger partial charge >= 0.3 is 0 Å². The van der Waals surface area contributed by atoms with Gasteiger partial charge in [-0.2, -0.15) is 0 Å². The fourth-order valence-corrected chi connectivity index (χ4v) is 2.20. The van der Waals surface area contributed by atoms with Gasteiger partial charge in [-0.1, -0.05) is 24.8 Å². The van der Waals surface area contributed by atoms with Gasteiger partial charge in [0.15, 0.2) is 5.82 Å². The van der Waals surface area contributed by atoms with Crippen LogP contribution in [0.2, 0.25) is 0 Å². The number of hydrogen-bond acceptors (Lipinski definition) is 3. The molecule has 2 nitrogen and oxygen atoms in total. The number of halogens is 2. The summed E-state index contributed by atoms with van der Waals surface area (Å²) < 4.78 is 26.8. The van der Waals surface area contributed by atoms with Crippen molar-refractivity contribution in [1.29, 1.82) is 0 Å². The lowest BCUT2D eigenvalue weighted by Crippen LogP contribution is -1.97. The van der Waals surface area contributed by atoms with Gasteiger partial charge in [0.25, 0.3) is 0 Å². The van der Waals surface area contributed by atoms with E-state index in [-0.39, 0.29) is 10.8 Å². The molecule has 0 atom stereocenters. The second-order valence-corrected chi connectivity index (χ2v) is 4.41. The van der Waals surface area contributed by atoms with Crippen molar-refractivity contribution in [3.8, 4) is 0 Å². The minimum atomic E-state index is -0.427. The minimum Gasteiger partial charge on any atom is -0.238 e. The number of rotatable bonds is 3. The molecule has 2 aromatic rings. The van der Waals surface area contributed by atoms with Crippen LogP contribution in [0.15, 0.2) is 40.5 Å². The molecule has 0 amide bonds. The summed E-state index contributed by atoms with van der Waals surface area (Å²) in [5.41, 5.74) is 0.374. The zero-order chi connectivity index (χ0) is 12.3. The summed E-state index contributed by atoms with van der Waals surface area (Å²) in [6.07, 6.45) is 1.83. The Morgan fingerprint density at radius 2 is 2.06 bits per heavy atom. The van der Waals surface area contributed by atoms with Gasteiger partial charge in [-0.15, -0.1) is 0 Å². The van der Waals surface area contributed by atoms with E-state index in [1.807, 2.05) is 6.92 Å². The fourth-order valence-electron chi connectivity index (χ4n) is 1.35. The predicted molar refractivity (Wildman–Crippen MR) is 61.9 cm³/mol. The molecule has 0 saturated carbocycles. The van der Waals surface area contributed by atoms with E-state index in [1.165, 1.54) is 18.5 Å². The second-order valence-electron chi connectivity index (χ2n) is 3.35. The maximum Gasteiger partial charge on any atom is 0.177 e. The SMILES string of the molecule is CCc1ncnc(Sc2cccc(F)c2)c1F. The molecule has 1 aromatic carbocycles. The number of hydrogen-bond donors (Lipinski definition) is 0. The Bertz CT molecular complexity index is 532. The van der Waals surface area contributed by atoms with Crippen molar-refractivity contribution in [3.63, 3.8) is 0 Å². The molecule has 0 saturated heterocycles. The van der Waals surface area contributed by atoms with Crippen LogP contribution in [0.3, 0.4) is 0 Å². The summed E-state index contributed by atoms with van der Waals surface area (Å²) in [5, 5.41) is 0.224. The highest BCUT2D eigenvalue weighted by molar-refractivity contribution is 7.99. The van der Waals surface area contributed by atoms with Crippen molar-refractivity contribution in [3.05, 3.63) is 47.9 Å². The Kier molecular flexibility index (Phi) is 3.68. The normalized spacial score (nSPS) is 10.5. The number of aryl methyl sites for hydroxylation is 1. The first-order valence-electron chi connectivity index (χ1n) is 5.13. The third kappa shape index (κ3) is 2.79. The summed E-state index contributed by atoms with van der Waals surface area (Å²) in [6, 6.07) is 5.98. The van der Waals surface area contributed by atoms with E-state index in [0.717, 1.165) is 11.8 Å². The molecule has 1 heterocycles. The van der Waals surface area contributed by atoms with Crippen LogP contribution in [-0.2, 0) is 6.42 Å². The molecule has 0 unspecified atom stereocenters. The molecule has 5 heteroatoms. The van der Waals surface area contributed by atoms with E-state index in [1.54, 1.807) is 12.1 Å². The first kappa shape index (κ1) is 12.0. The van der Waals surface area contributed by atoms with Crippen molar-refractivity contribution in [2.45, 2.75) is 23.3 Å². The average Bonchev–Trinajstić information content (AvgIpc) is 2.32. The van der Waals surface area contributed by atoms with Crippen LogP contribution in [-0.4, -0.2) is 9.97 Å². The van der Waals surface area contributed by atoms with E-state index in [0.29, 0.717) is 17.0 Å². The number of nitrogens with zero attached hydrogens (tertiary/aromatic N) is 2. The number of benzene rings is 1. The van der Waals surface area contributed by atoms with Gasteiger partial charge in [0, 0.05) is 4.90 Å². The van der Waals surface area contributed by atoms with Gasteiger partial charge < -0.3 is 0 Å². The third-order valence-electron chi connectivity index (χ3n) is 2.18. The zero-order valence-electron chi connectivity index (χ0n) is 9.15. The molecule has 17 heavy (non-hydrogen) atoms. The van der Waals surface area contributed by atoms with E-state index in [9.17, 15) is 8.78 Å². The smallest absolute Gasteiger partial charge is 0.177 e. The van der Waals surface area contributed by atoms with Gasteiger partial charge in [-0.3, -0.25) is 0 Å². The van der Waals surface area contributed by atoms with Crippen LogP contribution in [0.4, 0.5) is 8.78 Å². The highest BCUT2D eigenvalue weighted by atomic mass is 32.2. The Morgan fingerprint density at radius 1 is 1.24 bits per heavy atom. The van der Waals surface area contributed by atoms with Gasteiger partial charge in [0.05, 0.1) is 5.69 Å². The van der Waals surface area contributed by atoms with E-state index >= 15 is 0 Å². The van der Waals surface area contributed by atoms with Gasteiger partial charge in [0.2, 0.25) is 0 Å². The molecule has 0 spiro atoms. The summed E-state index contributed by atoms with van der Waals surface area (Å²) in [7, 11) is 0. The zero-order valence-corrected chi connectivity index (χ0v) is 9.97. The molecule has 88 valence electrons. The van der Waals surface area contributed by atoms with Gasteiger partial charge in [-0.25, -0.2) is 18.7 Å². The van der Waals surface area contributed by atoms with Crippen molar-refractivity contribution in [2.24, 2.45) is 0 Å². The van der Waals surface area contributed by atoms with Crippen molar-refractivity contribution in [1.82, 2.24) is 9.97 Å². The monoisotopic (exact) mass is 252 g/mol. The lowest BCUT2D eigenvalue weighted by Gasteiger charge is -2.04. The highest BCUT2D eigenvalue weighted by Gasteiger charge is 2.11. The highest BCUT2D eigenvalue weighted by Crippen LogP contribution is 2.28. The van der Waals surface area contributed by atoms with Crippen LogP contribution in [0.25, 0.3) is 0 Å². The molecule has 0 aliphatic carbocycles. The summed E-state index contributed by atoms with van der Waals surface area (Å²) in [4.78, 5) is 8.32. The van der Waals surface area contributed by atoms with Gasteiger partial charge in [0.1, 0.15) is 17.2 Å². The summed E-state index contributed by atoms with van der Waals surface area (Å²) in [6.45, 7) is 1.82. The molecule has 0 bridgehead atoms.